The number of hydrogen-bond acceptors (Lipinski definition) is 2. The van der Waals surface area contributed by atoms with E-state index in [-0.39, 0.29) is 12.2 Å². The standard InChI is InChI=1S/C16H22FNO2/c1-11-6-8-16(10-19,9-7-11)18-15(20)13-5-3-4-12(2)14(13)17/h3-5,11,19H,6-10H2,1-2H3,(H,18,20). The van der Waals surface area contributed by atoms with Crippen LogP contribution in [0.1, 0.15) is 48.5 Å². The third kappa shape index (κ3) is 3.01. The van der Waals surface area contributed by atoms with E-state index in [0.717, 1.165) is 25.7 Å². The molecule has 1 aliphatic rings. The quantitative estimate of drug-likeness (QED) is 0.894. The molecular formula is C16H22FNO2. The van der Waals surface area contributed by atoms with E-state index in [0.29, 0.717) is 11.5 Å². The van der Waals surface area contributed by atoms with Crippen molar-refractivity contribution in [3.8, 4) is 0 Å². The molecular weight excluding hydrogens is 257 g/mol. The summed E-state index contributed by atoms with van der Waals surface area (Å²) in [5.41, 5.74) is -0.0934. The lowest BCUT2D eigenvalue weighted by Gasteiger charge is -2.38. The number of aryl methyl sites for hydroxylation is 1. The zero-order valence-electron chi connectivity index (χ0n) is 12.1. The minimum Gasteiger partial charge on any atom is -0.394 e. The van der Waals surface area contributed by atoms with E-state index in [1.807, 2.05) is 0 Å². The molecule has 1 aliphatic carbocycles. The van der Waals surface area contributed by atoms with Crippen molar-refractivity contribution in [1.82, 2.24) is 5.32 Å². The number of benzene rings is 1. The maximum Gasteiger partial charge on any atom is 0.254 e. The van der Waals surface area contributed by atoms with Gasteiger partial charge in [-0.3, -0.25) is 4.79 Å². The monoisotopic (exact) mass is 279 g/mol. The van der Waals surface area contributed by atoms with E-state index in [4.69, 9.17) is 0 Å². The molecule has 110 valence electrons. The molecule has 0 aliphatic heterocycles. The number of amides is 1. The zero-order valence-corrected chi connectivity index (χ0v) is 12.1. The Bertz CT molecular complexity index is 493. The summed E-state index contributed by atoms with van der Waals surface area (Å²) in [6.45, 7) is 3.71. The summed E-state index contributed by atoms with van der Waals surface area (Å²) in [6.07, 6.45) is 3.42. The maximum absolute atomic E-state index is 14.0. The molecule has 1 fully saturated rings. The molecule has 2 rings (SSSR count). The molecule has 0 saturated heterocycles. The van der Waals surface area contributed by atoms with Crippen LogP contribution in [0.15, 0.2) is 18.2 Å². The van der Waals surface area contributed by atoms with Crippen molar-refractivity contribution in [2.45, 2.75) is 45.1 Å². The molecule has 0 spiro atoms. The van der Waals surface area contributed by atoms with Crippen LogP contribution in [-0.2, 0) is 0 Å². The Kier molecular flexibility index (Phi) is 4.43. The molecule has 20 heavy (non-hydrogen) atoms. The Morgan fingerprint density at radius 3 is 2.70 bits per heavy atom. The first kappa shape index (κ1) is 15.0. The maximum atomic E-state index is 14.0. The normalized spacial score (nSPS) is 26.3. The number of aliphatic hydroxyl groups excluding tert-OH is 1. The largest absolute Gasteiger partial charge is 0.394 e. The number of carbonyl (C=O) groups excluding carboxylic acids is 1. The van der Waals surface area contributed by atoms with Gasteiger partial charge in [0.05, 0.1) is 17.7 Å². The summed E-state index contributed by atoms with van der Waals surface area (Å²) in [5, 5.41) is 12.5. The van der Waals surface area contributed by atoms with E-state index < -0.39 is 17.3 Å². The molecule has 0 atom stereocenters. The first-order valence-corrected chi connectivity index (χ1v) is 7.16. The van der Waals surface area contributed by atoms with Crippen LogP contribution in [0.25, 0.3) is 0 Å². The molecule has 1 saturated carbocycles. The second kappa shape index (κ2) is 5.92. The highest BCUT2D eigenvalue weighted by atomic mass is 19.1. The molecule has 0 aromatic heterocycles. The van der Waals surface area contributed by atoms with Gasteiger partial charge in [0.25, 0.3) is 5.91 Å². The summed E-state index contributed by atoms with van der Waals surface area (Å²) in [5.74, 6) is -0.306. The molecule has 1 aromatic rings. The number of carbonyl (C=O) groups is 1. The highest BCUT2D eigenvalue weighted by Gasteiger charge is 2.35. The predicted molar refractivity (Wildman–Crippen MR) is 76.1 cm³/mol. The number of hydrogen-bond donors (Lipinski definition) is 2. The molecule has 0 heterocycles. The zero-order chi connectivity index (χ0) is 14.8. The Labute approximate surface area is 119 Å². The minimum absolute atomic E-state index is 0.0523. The number of halogens is 1. The summed E-state index contributed by atoms with van der Waals surface area (Å²) in [7, 11) is 0. The van der Waals surface area contributed by atoms with Crippen molar-refractivity contribution >= 4 is 5.91 Å². The van der Waals surface area contributed by atoms with Crippen LogP contribution in [0.2, 0.25) is 0 Å². The van der Waals surface area contributed by atoms with E-state index >= 15 is 0 Å². The topological polar surface area (TPSA) is 49.3 Å². The lowest BCUT2D eigenvalue weighted by Crippen LogP contribution is -2.53. The molecule has 1 amide bonds. The van der Waals surface area contributed by atoms with E-state index in [9.17, 15) is 14.3 Å². The first-order valence-electron chi connectivity index (χ1n) is 7.16. The molecule has 2 N–H and O–H groups in total. The van der Waals surface area contributed by atoms with Crippen molar-refractivity contribution in [3.63, 3.8) is 0 Å². The fourth-order valence-corrected chi connectivity index (χ4v) is 2.77. The van der Waals surface area contributed by atoms with Gasteiger partial charge in [0.1, 0.15) is 5.82 Å². The molecule has 3 nitrogen and oxygen atoms in total. The van der Waals surface area contributed by atoms with E-state index in [2.05, 4.69) is 12.2 Å². The van der Waals surface area contributed by atoms with Crippen molar-refractivity contribution in [2.75, 3.05) is 6.61 Å². The van der Waals surface area contributed by atoms with Crippen molar-refractivity contribution in [3.05, 3.63) is 35.1 Å². The number of nitrogens with one attached hydrogen (secondary N) is 1. The van der Waals surface area contributed by atoms with Gasteiger partial charge in [-0.2, -0.15) is 0 Å². The first-order chi connectivity index (χ1) is 9.47. The van der Waals surface area contributed by atoms with Gasteiger partial charge in [0, 0.05) is 0 Å². The van der Waals surface area contributed by atoms with Gasteiger partial charge in [0.2, 0.25) is 0 Å². The molecule has 1 aromatic carbocycles. The van der Waals surface area contributed by atoms with E-state index in [1.54, 1.807) is 19.1 Å². The van der Waals surface area contributed by atoms with Gasteiger partial charge < -0.3 is 10.4 Å². The van der Waals surface area contributed by atoms with Crippen LogP contribution in [0.5, 0.6) is 0 Å². The Hall–Kier alpha value is -1.42. The predicted octanol–water partition coefficient (Wildman–Crippen LogP) is 2.81. The van der Waals surface area contributed by atoms with Crippen molar-refractivity contribution < 1.29 is 14.3 Å². The molecule has 0 bridgehead atoms. The average Bonchev–Trinajstić information content (AvgIpc) is 2.44. The van der Waals surface area contributed by atoms with Crippen molar-refractivity contribution in [1.29, 1.82) is 0 Å². The van der Waals surface area contributed by atoms with Crippen LogP contribution < -0.4 is 5.32 Å². The average molecular weight is 279 g/mol. The Morgan fingerprint density at radius 2 is 2.10 bits per heavy atom. The van der Waals surface area contributed by atoms with Gasteiger partial charge >= 0.3 is 0 Å². The number of rotatable bonds is 3. The van der Waals surface area contributed by atoms with Crippen LogP contribution in [0, 0.1) is 18.7 Å². The third-order valence-electron chi connectivity index (χ3n) is 4.35. The SMILES string of the molecule is Cc1cccc(C(=O)NC2(CO)CCC(C)CC2)c1F. The summed E-state index contributed by atoms with van der Waals surface area (Å²) >= 11 is 0. The molecule has 0 unspecified atom stereocenters. The Balaban J connectivity index is 2.15. The van der Waals surface area contributed by atoms with Crippen LogP contribution in [0.4, 0.5) is 4.39 Å². The smallest absolute Gasteiger partial charge is 0.254 e. The highest BCUT2D eigenvalue weighted by molar-refractivity contribution is 5.95. The lowest BCUT2D eigenvalue weighted by atomic mass is 9.77. The summed E-state index contributed by atoms with van der Waals surface area (Å²) < 4.78 is 14.0. The molecule has 0 radical (unpaired) electrons. The fourth-order valence-electron chi connectivity index (χ4n) is 2.77. The number of aliphatic hydroxyl groups is 1. The Morgan fingerprint density at radius 1 is 1.45 bits per heavy atom. The van der Waals surface area contributed by atoms with Gasteiger partial charge in [0.15, 0.2) is 0 Å². The summed E-state index contributed by atoms with van der Waals surface area (Å²) in [6, 6.07) is 4.78. The molecule has 4 heteroatoms. The van der Waals surface area contributed by atoms with Crippen LogP contribution in [0.3, 0.4) is 0 Å². The lowest BCUT2D eigenvalue weighted by molar-refractivity contribution is 0.0713. The second-order valence-corrected chi connectivity index (χ2v) is 6.01. The summed E-state index contributed by atoms with van der Waals surface area (Å²) in [4.78, 5) is 12.3. The second-order valence-electron chi connectivity index (χ2n) is 6.01. The van der Waals surface area contributed by atoms with Gasteiger partial charge in [-0.1, -0.05) is 19.1 Å². The van der Waals surface area contributed by atoms with Gasteiger partial charge in [-0.05, 0) is 50.2 Å². The van der Waals surface area contributed by atoms with Crippen LogP contribution in [-0.4, -0.2) is 23.2 Å². The van der Waals surface area contributed by atoms with E-state index in [1.165, 1.54) is 6.07 Å². The third-order valence-corrected chi connectivity index (χ3v) is 4.35. The van der Waals surface area contributed by atoms with Crippen molar-refractivity contribution in [2.24, 2.45) is 5.92 Å². The van der Waals surface area contributed by atoms with Gasteiger partial charge in [-0.15, -0.1) is 0 Å². The highest BCUT2D eigenvalue weighted by Crippen LogP contribution is 2.32. The minimum atomic E-state index is -0.597. The van der Waals surface area contributed by atoms with Gasteiger partial charge in [-0.25, -0.2) is 4.39 Å². The van der Waals surface area contributed by atoms with Crippen LogP contribution >= 0.6 is 0 Å². The fraction of sp³-hybridized carbons (Fsp3) is 0.562.